The minimum atomic E-state index is -0.851. The molecule has 1 atom stereocenters. The molecular weight excluding hydrogens is 456 g/mol. The molecule has 182 valence electrons. The van der Waals surface area contributed by atoms with Crippen molar-refractivity contribution in [3.63, 3.8) is 0 Å². The molecule has 7 nitrogen and oxygen atoms in total. The number of nitrogens with zero attached hydrogens (tertiary/aromatic N) is 1. The van der Waals surface area contributed by atoms with E-state index in [4.69, 9.17) is 9.47 Å². The quantitative estimate of drug-likeness (QED) is 0.225. The molecule has 3 aromatic carbocycles. The Morgan fingerprint density at radius 2 is 1.72 bits per heavy atom. The van der Waals surface area contributed by atoms with E-state index in [-0.39, 0.29) is 11.3 Å². The van der Waals surface area contributed by atoms with Crippen LogP contribution in [0.15, 0.2) is 72.3 Å². The number of hydrogen-bond donors (Lipinski definition) is 2. The van der Waals surface area contributed by atoms with Crippen molar-refractivity contribution in [2.45, 2.75) is 19.9 Å². The summed E-state index contributed by atoms with van der Waals surface area (Å²) < 4.78 is 10.7. The van der Waals surface area contributed by atoms with E-state index >= 15 is 0 Å². The zero-order valence-corrected chi connectivity index (χ0v) is 20.5. The molecule has 0 saturated carbocycles. The number of benzene rings is 3. The molecule has 0 radical (unpaired) electrons. The average molecular weight is 483 g/mol. The highest BCUT2D eigenvalue weighted by atomic mass is 16.5. The van der Waals surface area contributed by atoms with Crippen LogP contribution in [0.3, 0.4) is 0 Å². The number of aromatic nitrogens is 1. The average Bonchev–Trinajstić information content (AvgIpc) is 3.35. The number of aryl methyl sites for hydroxylation is 2. The first-order chi connectivity index (χ1) is 17.3. The Bertz CT molecular complexity index is 1550. The Kier molecular flexibility index (Phi) is 5.76. The number of fused-ring (bicyclic) bond motifs is 1. The number of amides is 1. The zero-order valence-electron chi connectivity index (χ0n) is 20.5. The minimum absolute atomic E-state index is 0.0280. The number of H-pyrrole nitrogens is 1. The minimum Gasteiger partial charge on any atom is -0.507 e. The Hall–Kier alpha value is -4.52. The second-order valence-corrected chi connectivity index (χ2v) is 8.76. The molecule has 0 bridgehead atoms. The normalized spacial score (nSPS) is 17.1. The first kappa shape index (κ1) is 23.2. The summed E-state index contributed by atoms with van der Waals surface area (Å²) in [4.78, 5) is 31.9. The van der Waals surface area contributed by atoms with E-state index in [9.17, 15) is 14.7 Å². The summed E-state index contributed by atoms with van der Waals surface area (Å²) in [6, 6.07) is 19.0. The van der Waals surface area contributed by atoms with Crippen molar-refractivity contribution in [3.05, 3.63) is 94.7 Å². The largest absolute Gasteiger partial charge is 0.507 e. The van der Waals surface area contributed by atoms with Gasteiger partial charge in [-0.1, -0.05) is 24.3 Å². The summed E-state index contributed by atoms with van der Waals surface area (Å²) in [6.07, 6.45) is 0. The van der Waals surface area contributed by atoms with Gasteiger partial charge in [-0.3, -0.25) is 14.5 Å². The lowest BCUT2D eigenvalue weighted by Gasteiger charge is -2.26. The van der Waals surface area contributed by atoms with Crippen LogP contribution in [-0.2, 0) is 9.59 Å². The monoisotopic (exact) mass is 482 g/mol. The Labute approximate surface area is 208 Å². The molecule has 1 unspecified atom stereocenters. The Morgan fingerprint density at radius 1 is 0.944 bits per heavy atom. The van der Waals surface area contributed by atoms with E-state index in [1.807, 2.05) is 38.1 Å². The number of aliphatic hydroxyl groups is 1. The van der Waals surface area contributed by atoms with Crippen LogP contribution in [-0.4, -0.2) is 36.0 Å². The predicted octanol–water partition coefficient (Wildman–Crippen LogP) is 5.43. The standard InChI is InChI=1S/C29H26N2O5/c1-16-14-18(12-13-23(16)36-4)27(32)25-26(24-17(2)30-22-11-6-5-10-21(22)24)31(29(34)28(25)33)19-8-7-9-20(15-19)35-3/h5-15,26,30,32H,1-4H3/b27-25+. The van der Waals surface area contributed by atoms with E-state index in [1.165, 1.54) is 4.90 Å². The van der Waals surface area contributed by atoms with Gasteiger partial charge < -0.3 is 19.6 Å². The van der Waals surface area contributed by atoms with Crippen molar-refractivity contribution in [3.8, 4) is 11.5 Å². The lowest BCUT2D eigenvalue weighted by Crippen LogP contribution is -2.29. The third kappa shape index (κ3) is 3.60. The van der Waals surface area contributed by atoms with Crippen LogP contribution in [0.2, 0.25) is 0 Å². The van der Waals surface area contributed by atoms with Gasteiger partial charge in [0.2, 0.25) is 0 Å². The van der Waals surface area contributed by atoms with Crippen molar-refractivity contribution in [2.75, 3.05) is 19.1 Å². The molecule has 2 heterocycles. The topological polar surface area (TPSA) is 91.9 Å². The smallest absolute Gasteiger partial charge is 0.300 e. The van der Waals surface area contributed by atoms with Gasteiger partial charge in [-0.15, -0.1) is 0 Å². The summed E-state index contributed by atoms with van der Waals surface area (Å²) >= 11 is 0. The number of carbonyl (C=O) groups excluding carboxylic acids is 2. The first-order valence-corrected chi connectivity index (χ1v) is 11.5. The highest BCUT2D eigenvalue weighted by molar-refractivity contribution is 6.52. The fourth-order valence-corrected chi connectivity index (χ4v) is 4.96. The SMILES string of the molecule is COc1cccc(N2C(=O)C(=O)/C(=C(/O)c3ccc(OC)c(C)c3)C2c2c(C)[nH]c3ccccc23)c1. The highest BCUT2D eigenvalue weighted by Gasteiger charge is 2.48. The molecule has 1 aliphatic heterocycles. The molecule has 1 amide bonds. The maximum absolute atomic E-state index is 13.5. The molecule has 0 aliphatic carbocycles. The number of ether oxygens (including phenoxy) is 2. The lowest BCUT2D eigenvalue weighted by molar-refractivity contribution is -0.132. The molecule has 1 fully saturated rings. The van der Waals surface area contributed by atoms with Gasteiger partial charge in [0.25, 0.3) is 11.7 Å². The molecular formula is C29H26N2O5. The van der Waals surface area contributed by atoms with Crippen LogP contribution in [0.4, 0.5) is 5.69 Å². The summed E-state index contributed by atoms with van der Waals surface area (Å²) in [5.41, 5.74) is 4.17. The van der Waals surface area contributed by atoms with E-state index in [0.29, 0.717) is 22.7 Å². The van der Waals surface area contributed by atoms with Crippen LogP contribution in [0, 0.1) is 13.8 Å². The molecule has 4 aromatic rings. The number of anilines is 1. The van der Waals surface area contributed by atoms with Gasteiger partial charge >= 0.3 is 0 Å². The van der Waals surface area contributed by atoms with E-state index in [1.54, 1.807) is 56.7 Å². The van der Waals surface area contributed by atoms with Gasteiger partial charge in [0.15, 0.2) is 0 Å². The van der Waals surface area contributed by atoms with Crippen LogP contribution in [0.5, 0.6) is 11.5 Å². The number of carbonyl (C=O) groups is 2. The maximum Gasteiger partial charge on any atom is 0.300 e. The van der Waals surface area contributed by atoms with E-state index in [0.717, 1.165) is 27.7 Å². The van der Waals surface area contributed by atoms with Crippen molar-refractivity contribution in [2.24, 2.45) is 0 Å². The van der Waals surface area contributed by atoms with Crippen LogP contribution < -0.4 is 14.4 Å². The number of aliphatic hydroxyl groups excluding tert-OH is 1. The zero-order chi connectivity index (χ0) is 25.6. The molecule has 7 heteroatoms. The maximum atomic E-state index is 13.5. The van der Waals surface area contributed by atoms with Crippen LogP contribution in [0.1, 0.15) is 28.4 Å². The number of ketones is 1. The summed E-state index contributed by atoms with van der Waals surface area (Å²) in [6.45, 7) is 3.75. The van der Waals surface area contributed by atoms with Crippen molar-refractivity contribution < 1.29 is 24.2 Å². The fraction of sp³-hybridized carbons (Fsp3) is 0.172. The lowest BCUT2D eigenvalue weighted by atomic mass is 9.92. The number of nitrogens with one attached hydrogen (secondary N) is 1. The van der Waals surface area contributed by atoms with Crippen molar-refractivity contribution >= 4 is 34.0 Å². The Morgan fingerprint density at radius 3 is 2.44 bits per heavy atom. The second kappa shape index (κ2) is 8.92. The number of Topliss-reactive ketones (excluding diaryl/α,β-unsaturated/α-hetero) is 1. The van der Waals surface area contributed by atoms with Gasteiger partial charge in [0.1, 0.15) is 17.3 Å². The van der Waals surface area contributed by atoms with Crippen molar-refractivity contribution in [1.82, 2.24) is 4.98 Å². The molecule has 0 spiro atoms. The van der Waals surface area contributed by atoms with Gasteiger partial charge in [0, 0.05) is 39.5 Å². The Balaban J connectivity index is 1.80. The van der Waals surface area contributed by atoms with Gasteiger partial charge in [0.05, 0.1) is 25.8 Å². The molecule has 2 N–H and O–H groups in total. The number of hydrogen-bond acceptors (Lipinski definition) is 5. The first-order valence-electron chi connectivity index (χ1n) is 11.5. The third-order valence-electron chi connectivity index (χ3n) is 6.66. The summed E-state index contributed by atoms with van der Waals surface area (Å²) in [5, 5.41) is 12.4. The van der Waals surface area contributed by atoms with Gasteiger partial charge in [-0.05, 0) is 55.8 Å². The molecule has 1 aliphatic rings. The number of aromatic amines is 1. The third-order valence-corrected chi connectivity index (χ3v) is 6.66. The van der Waals surface area contributed by atoms with Crippen LogP contribution >= 0.6 is 0 Å². The van der Waals surface area contributed by atoms with Gasteiger partial charge in [-0.25, -0.2) is 0 Å². The molecule has 1 saturated heterocycles. The second-order valence-electron chi connectivity index (χ2n) is 8.76. The van der Waals surface area contributed by atoms with Crippen LogP contribution in [0.25, 0.3) is 16.7 Å². The molecule has 1 aromatic heterocycles. The fourth-order valence-electron chi connectivity index (χ4n) is 4.96. The predicted molar refractivity (Wildman–Crippen MR) is 139 cm³/mol. The van der Waals surface area contributed by atoms with E-state index in [2.05, 4.69) is 4.98 Å². The number of rotatable bonds is 5. The molecule has 5 rings (SSSR count). The highest BCUT2D eigenvalue weighted by Crippen LogP contribution is 2.46. The van der Waals surface area contributed by atoms with E-state index < -0.39 is 17.7 Å². The van der Waals surface area contributed by atoms with Gasteiger partial charge in [-0.2, -0.15) is 0 Å². The van der Waals surface area contributed by atoms with Crippen molar-refractivity contribution in [1.29, 1.82) is 0 Å². The number of methoxy groups -OCH3 is 2. The number of para-hydroxylation sites is 1. The summed E-state index contributed by atoms with van der Waals surface area (Å²) in [5.74, 6) is -0.496. The summed E-state index contributed by atoms with van der Waals surface area (Å²) in [7, 11) is 3.11. The molecule has 36 heavy (non-hydrogen) atoms.